The maximum absolute atomic E-state index is 13.4. The zero-order chi connectivity index (χ0) is 23.8. The molecule has 0 bridgehead atoms. The van der Waals surface area contributed by atoms with Crippen molar-refractivity contribution in [3.05, 3.63) is 101 Å². The van der Waals surface area contributed by atoms with Gasteiger partial charge in [0.25, 0.3) is 11.7 Å². The van der Waals surface area contributed by atoms with Crippen LogP contribution in [0.3, 0.4) is 0 Å². The van der Waals surface area contributed by atoms with Crippen molar-refractivity contribution in [2.45, 2.75) is 19.9 Å². The first-order chi connectivity index (χ1) is 16.5. The Hall–Kier alpha value is -4.32. The number of carbonyl (C=O) groups is 2. The predicted octanol–water partition coefficient (Wildman–Crippen LogP) is 5.50. The molecule has 3 aromatic carbocycles. The van der Waals surface area contributed by atoms with E-state index in [0.717, 1.165) is 22.0 Å². The van der Waals surface area contributed by atoms with Crippen LogP contribution in [0.25, 0.3) is 16.7 Å². The van der Waals surface area contributed by atoms with E-state index in [2.05, 4.69) is 4.98 Å². The number of aliphatic hydroxyl groups is 1. The number of ketones is 1. The lowest BCUT2D eigenvalue weighted by Gasteiger charge is -2.27. The molecule has 0 saturated carbocycles. The molecule has 6 heteroatoms. The number of amides is 1. The number of carbonyl (C=O) groups excluding carboxylic acids is 2. The number of anilines is 1. The molecule has 0 aliphatic carbocycles. The fourth-order valence-corrected chi connectivity index (χ4v) is 4.59. The number of aryl methyl sites for hydroxylation is 1. The average molecular weight is 453 g/mol. The molecule has 1 unspecified atom stereocenters. The highest BCUT2D eigenvalue weighted by atomic mass is 16.5. The molecule has 0 spiro atoms. The smallest absolute Gasteiger partial charge is 0.300 e. The quantitative estimate of drug-likeness (QED) is 0.238. The summed E-state index contributed by atoms with van der Waals surface area (Å²) in [5.41, 5.74) is 3.57. The Bertz CT molecular complexity index is 1450. The van der Waals surface area contributed by atoms with Gasteiger partial charge in [0.15, 0.2) is 0 Å². The lowest BCUT2D eigenvalue weighted by molar-refractivity contribution is -0.132. The molecule has 4 aromatic rings. The number of rotatable bonds is 5. The molecule has 6 nitrogen and oxygen atoms in total. The second-order valence-corrected chi connectivity index (χ2v) is 8.20. The maximum Gasteiger partial charge on any atom is 0.300 e. The third kappa shape index (κ3) is 3.44. The number of nitrogens with one attached hydrogen (secondary N) is 1. The van der Waals surface area contributed by atoms with Crippen LogP contribution in [0.2, 0.25) is 0 Å². The summed E-state index contributed by atoms with van der Waals surface area (Å²) in [6.45, 7) is 4.29. The zero-order valence-corrected chi connectivity index (χ0v) is 18.9. The Morgan fingerprint density at radius 2 is 1.79 bits per heavy atom. The Labute approximate surface area is 197 Å². The van der Waals surface area contributed by atoms with Gasteiger partial charge in [0.2, 0.25) is 0 Å². The molecular formula is C28H24N2O4. The molecule has 34 heavy (non-hydrogen) atoms. The van der Waals surface area contributed by atoms with E-state index in [1.165, 1.54) is 4.90 Å². The summed E-state index contributed by atoms with van der Waals surface area (Å²) in [4.78, 5) is 31.4. The molecule has 1 atom stereocenters. The highest BCUT2D eigenvalue weighted by Crippen LogP contribution is 2.44. The summed E-state index contributed by atoms with van der Waals surface area (Å²) in [5, 5.41) is 12.2. The van der Waals surface area contributed by atoms with E-state index in [4.69, 9.17) is 4.74 Å². The van der Waals surface area contributed by atoms with Gasteiger partial charge in [-0.1, -0.05) is 48.5 Å². The Balaban J connectivity index is 1.75. The minimum absolute atomic E-state index is 0.0610. The summed E-state index contributed by atoms with van der Waals surface area (Å²) >= 11 is 0. The number of aromatic amines is 1. The molecule has 1 amide bonds. The van der Waals surface area contributed by atoms with Crippen molar-refractivity contribution in [1.29, 1.82) is 0 Å². The van der Waals surface area contributed by atoms with Crippen LogP contribution in [-0.4, -0.2) is 28.4 Å². The standard InChI is InChI=1S/C28H24N2O4/c1-3-34-19-11-8-10-18(15-19)30-25(20-12-5-4-9-17(20)2)24(27(32)28(30)33)26(31)22-16-29-23-14-7-6-13-21(22)23/h4-16,25,29,31H,3H2,1-2H3/b26-24+. The Morgan fingerprint density at radius 1 is 1.03 bits per heavy atom. The van der Waals surface area contributed by atoms with E-state index >= 15 is 0 Å². The molecule has 1 aliphatic heterocycles. The number of hydrogen-bond acceptors (Lipinski definition) is 4. The van der Waals surface area contributed by atoms with Crippen molar-refractivity contribution < 1.29 is 19.4 Å². The van der Waals surface area contributed by atoms with E-state index in [0.29, 0.717) is 23.6 Å². The number of fused-ring (bicyclic) bond motifs is 1. The monoisotopic (exact) mass is 452 g/mol. The summed E-state index contributed by atoms with van der Waals surface area (Å²) in [6, 6.07) is 21.4. The minimum atomic E-state index is -0.785. The highest BCUT2D eigenvalue weighted by molar-refractivity contribution is 6.51. The van der Waals surface area contributed by atoms with Crippen LogP contribution >= 0.6 is 0 Å². The first kappa shape index (κ1) is 21.5. The number of ether oxygens (including phenoxy) is 1. The first-order valence-corrected chi connectivity index (χ1v) is 11.2. The second-order valence-electron chi connectivity index (χ2n) is 8.20. The van der Waals surface area contributed by atoms with Gasteiger partial charge in [0.1, 0.15) is 11.5 Å². The summed E-state index contributed by atoms with van der Waals surface area (Å²) in [5.74, 6) is -1.02. The number of aromatic nitrogens is 1. The van der Waals surface area contributed by atoms with Crippen LogP contribution in [0, 0.1) is 6.92 Å². The average Bonchev–Trinajstić information content (AvgIpc) is 3.39. The first-order valence-electron chi connectivity index (χ1n) is 11.2. The lowest BCUT2D eigenvalue weighted by atomic mass is 9.92. The molecular weight excluding hydrogens is 428 g/mol. The van der Waals surface area contributed by atoms with Gasteiger partial charge in [-0.25, -0.2) is 0 Å². The van der Waals surface area contributed by atoms with Crippen LogP contribution in [0.1, 0.15) is 29.7 Å². The SMILES string of the molecule is CCOc1cccc(N2C(=O)C(=O)/C(=C(/O)c3c[nH]c4ccccc34)C2c2ccccc2C)c1. The van der Waals surface area contributed by atoms with E-state index in [9.17, 15) is 14.7 Å². The number of aliphatic hydroxyl groups excluding tert-OH is 1. The molecule has 1 saturated heterocycles. The lowest BCUT2D eigenvalue weighted by Crippen LogP contribution is -2.29. The van der Waals surface area contributed by atoms with Crippen LogP contribution < -0.4 is 9.64 Å². The van der Waals surface area contributed by atoms with Gasteiger partial charge in [0.05, 0.1) is 18.2 Å². The summed E-state index contributed by atoms with van der Waals surface area (Å²) in [7, 11) is 0. The van der Waals surface area contributed by atoms with Crippen LogP contribution in [0.5, 0.6) is 5.75 Å². The van der Waals surface area contributed by atoms with Gasteiger partial charge >= 0.3 is 0 Å². The van der Waals surface area contributed by atoms with Crippen molar-refractivity contribution in [2.24, 2.45) is 0 Å². The van der Waals surface area contributed by atoms with Gasteiger partial charge < -0.3 is 14.8 Å². The van der Waals surface area contributed by atoms with Crippen molar-refractivity contribution in [3.8, 4) is 5.75 Å². The molecule has 2 heterocycles. The molecule has 1 aromatic heterocycles. The molecule has 2 N–H and O–H groups in total. The van der Waals surface area contributed by atoms with Gasteiger partial charge in [-0.3, -0.25) is 14.5 Å². The number of benzene rings is 3. The molecule has 1 aliphatic rings. The largest absolute Gasteiger partial charge is 0.507 e. The van der Waals surface area contributed by atoms with Crippen molar-refractivity contribution in [3.63, 3.8) is 0 Å². The zero-order valence-electron chi connectivity index (χ0n) is 18.9. The molecule has 1 fully saturated rings. The second kappa shape index (κ2) is 8.56. The van der Waals surface area contributed by atoms with Gasteiger partial charge in [-0.2, -0.15) is 0 Å². The summed E-state index contributed by atoms with van der Waals surface area (Å²) < 4.78 is 5.63. The fraction of sp³-hybridized carbons (Fsp3) is 0.143. The fourth-order valence-electron chi connectivity index (χ4n) is 4.59. The molecule has 0 radical (unpaired) electrons. The number of para-hydroxylation sites is 1. The third-order valence-corrected chi connectivity index (χ3v) is 6.18. The minimum Gasteiger partial charge on any atom is -0.507 e. The van der Waals surface area contributed by atoms with Crippen molar-refractivity contribution >= 4 is 34.0 Å². The third-order valence-electron chi connectivity index (χ3n) is 6.18. The number of nitrogens with zero attached hydrogens (tertiary/aromatic N) is 1. The molecule has 170 valence electrons. The predicted molar refractivity (Wildman–Crippen MR) is 132 cm³/mol. The van der Waals surface area contributed by atoms with E-state index in [1.54, 1.807) is 30.5 Å². The van der Waals surface area contributed by atoms with Crippen molar-refractivity contribution in [1.82, 2.24) is 4.98 Å². The Kier molecular flexibility index (Phi) is 5.42. The maximum atomic E-state index is 13.4. The van der Waals surface area contributed by atoms with E-state index in [1.807, 2.05) is 62.4 Å². The van der Waals surface area contributed by atoms with E-state index < -0.39 is 17.7 Å². The van der Waals surface area contributed by atoms with E-state index in [-0.39, 0.29) is 11.3 Å². The molecule has 5 rings (SSSR count). The highest BCUT2D eigenvalue weighted by Gasteiger charge is 2.47. The topological polar surface area (TPSA) is 82.6 Å². The van der Waals surface area contributed by atoms with Crippen LogP contribution in [-0.2, 0) is 9.59 Å². The van der Waals surface area contributed by atoms with Gasteiger partial charge in [-0.05, 0) is 43.2 Å². The van der Waals surface area contributed by atoms with Crippen LogP contribution in [0.4, 0.5) is 5.69 Å². The van der Waals surface area contributed by atoms with Gasteiger partial charge in [0, 0.05) is 34.4 Å². The number of hydrogen-bond donors (Lipinski definition) is 2. The summed E-state index contributed by atoms with van der Waals surface area (Å²) in [6.07, 6.45) is 1.66. The van der Waals surface area contributed by atoms with Crippen LogP contribution in [0.15, 0.2) is 84.6 Å². The number of H-pyrrole nitrogens is 1. The number of Topliss-reactive ketones (excluding diaryl/α,β-unsaturated/α-hetero) is 1. The van der Waals surface area contributed by atoms with Gasteiger partial charge in [-0.15, -0.1) is 0 Å². The normalized spacial score (nSPS) is 17.5. The van der Waals surface area contributed by atoms with Crippen molar-refractivity contribution in [2.75, 3.05) is 11.5 Å². The Morgan fingerprint density at radius 3 is 2.59 bits per heavy atom.